The summed E-state index contributed by atoms with van der Waals surface area (Å²) < 4.78 is 5.87. The first kappa shape index (κ1) is 11.1. The molecular formula is C10H9N3O4. The minimum atomic E-state index is -1.19. The van der Waals surface area contributed by atoms with E-state index in [1.807, 2.05) is 0 Å². The van der Waals surface area contributed by atoms with Crippen molar-refractivity contribution in [2.45, 2.75) is 13.5 Å². The summed E-state index contributed by atoms with van der Waals surface area (Å²) in [5, 5.41) is 16.2. The van der Waals surface area contributed by atoms with Crippen LogP contribution in [-0.2, 0) is 6.54 Å². The van der Waals surface area contributed by atoms with Crippen molar-refractivity contribution >= 4 is 5.97 Å². The first-order valence-corrected chi connectivity index (χ1v) is 4.80. The van der Waals surface area contributed by atoms with E-state index in [0.717, 1.165) is 16.8 Å². The lowest BCUT2D eigenvalue weighted by Gasteiger charge is -2.01. The molecule has 2 heterocycles. The van der Waals surface area contributed by atoms with Gasteiger partial charge in [0.1, 0.15) is 11.5 Å². The molecule has 7 nitrogen and oxygen atoms in total. The second-order valence-electron chi connectivity index (χ2n) is 3.45. The maximum Gasteiger partial charge on any atom is 0.356 e. The van der Waals surface area contributed by atoms with E-state index in [-0.39, 0.29) is 12.2 Å². The summed E-state index contributed by atoms with van der Waals surface area (Å²) in [5.41, 5.74) is -0.0693. The summed E-state index contributed by atoms with van der Waals surface area (Å²) in [4.78, 5) is 22.2. The highest BCUT2D eigenvalue weighted by Gasteiger charge is 2.09. The summed E-state index contributed by atoms with van der Waals surface area (Å²) in [7, 11) is 0. The average Bonchev–Trinajstić information content (AvgIpc) is 2.67. The fourth-order valence-electron chi connectivity index (χ4n) is 1.32. The van der Waals surface area contributed by atoms with Crippen molar-refractivity contribution < 1.29 is 14.4 Å². The molecule has 0 spiro atoms. The molecule has 0 saturated carbocycles. The Morgan fingerprint density at radius 2 is 2.29 bits per heavy atom. The number of nitrogens with zero attached hydrogens (tertiary/aromatic N) is 3. The summed E-state index contributed by atoms with van der Waals surface area (Å²) in [6.07, 6.45) is 0. The van der Waals surface area contributed by atoms with E-state index in [4.69, 9.17) is 9.63 Å². The molecule has 0 bridgehead atoms. The van der Waals surface area contributed by atoms with Crippen LogP contribution >= 0.6 is 0 Å². The van der Waals surface area contributed by atoms with E-state index < -0.39 is 11.5 Å². The van der Waals surface area contributed by atoms with Crippen molar-refractivity contribution in [3.8, 4) is 0 Å². The number of aromatic carboxylic acids is 1. The Labute approximate surface area is 95.3 Å². The zero-order chi connectivity index (χ0) is 12.4. The number of hydrogen-bond acceptors (Lipinski definition) is 5. The van der Waals surface area contributed by atoms with Crippen LogP contribution in [0.3, 0.4) is 0 Å². The lowest BCUT2D eigenvalue weighted by atomic mass is 10.3. The highest BCUT2D eigenvalue weighted by atomic mass is 16.5. The number of hydrogen-bond donors (Lipinski definition) is 1. The summed E-state index contributed by atoms with van der Waals surface area (Å²) in [6, 6.07) is 3.97. The molecule has 88 valence electrons. The smallest absolute Gasteiger partial charge is 0.356 e. The molecule has 0 aliphatic carbocycles. The Kier molecular flexibility index (Phi) is 2.73. The maximum absolute atomic E-state index is 11.5. The van der Waals surface area contributed by atoms with E-state index in [2.05, 4.69) is 10.3 Å². The first-order valence-electron chi connectivity index (χ1n) is 4.80. The fraction of sp³-hybridized carbons (Fsp3) is 0.200. The van der Waals surface area contributed by atoms with Crippen LogP contribution in [0.2, 0.25) is 0 Å². The molecule has 0 aliphatic heterocycles. The van der Waals surface area contributed by atoms with Gasteiger partial charge in [-0.3, -0.25) is 4.79 Å². The van der Waals surface area contributed by atoms with Gasteiger partial charge in [0.2, 0.25) is 0 Å². The zero-order valence-corrected chi connectivity index (χ0v) is 8.95. The molecule has 7 heteroatoms. The van der Waals surface area contributed by atoms with Gasteiger partial charge >= 0.3 is 5.97 Å². The quantitative estimate of drug-likeness (QED) is 0.820. The van der Waals surface area contributed by atoms with Crippen molar-refractivity contribution in [1.82, 2.24) is 14.9 Å². The Morgan fingerprint density at radius 3 is 2.88 bits per heavy atom. The van der Waals surface area contributed by atoms with Gasteiger partial charge in [0.05, 0.1) is 6.54 Å². The van der Waals surface area contributed by atoms with Crippen LogP contribution in [0.1, 0.15) is 21.9 Å². The molecule has 0 saturated heterocycles. The third-order valence-corrected chi connectivity index (χ3v) is 2.07. The van der Waals surface area contributed by atoms with Gasteiger partial charge < -0.3 is 9.63 Å². The van der Waals surface area contributed by atoms with Crippen LogP contribution in [0.15, 0.2) is 27.5 Å². The monoisotopic (exact) mass is 235 g/mol. The second-order valence-corrected chi connectivity index (χ2v) is 3.45. The van der Waals surface area contributed by atoms with Crippen LogP contribution in [0.25, 0.3) is 0 Å². The SMILES string of the molecule is Cc1cc(Cn2nc(C(=O)O)ccc2=O)no1. The molecule has 0 radical (unpaired) electrons. The van der Waals surface area contributed by atoms with Gasteiger partial charge in [0, 0.05) is 12.1 Å². The number of aromatic nitrogens is 3. The Balaban J connectivity index is 2.35. The van der Waals surface area contributed by atoms with Gasteiger partial charge in [-0.1, -0.05) is 5.16 Å². The largest absolute Gasteiger partial charge is 0.476 e. The summed E-state index contributed by atoms with van der Waals surface area (Å²) >= 11 is 0. The molecular weight excluding hydrogens is 226 g/mol. The Bertz CT molecular complexity index is 614. The highest BCUT2D eigenvalue weighted by Crippen LogP contribution is 2.02. The van der Waals surface area contributed by atoms with Gasteiger partial charge in [0.15, 0.2) is 5.69 Å². The normalized spacial score (nSPS) is 10.4. The van der Waals surface area contributed by atoms with Gasteiger partial charge in [-0.25, -0.2) is 9.48 Å². The summed E-state index contributed by atoms with van der Waals surface area (Å²) in [6.45, 7) is 1.80. The number of carboxylic acid groups (broad SMARTS) is 1. The molecule has 0 fully saturated rings. The number of carbonyl (C=O) groups is 1. The molecule has 2 rings (SSSR count). The van der Waals surface area contributed by atoms with Crippen molar-refractivity contribution in [2.24, 2.45) is 0 Å². The Hall–Kier alpha value is -2.44. The molecule has 0 aromatic carbocycles. The van der Waals surface area contributed by atoms with Crippen molar-refractivity contribution in [3.63, 3.8) is 0 Å². The van der Waals surface area contributed by atoms with E-state index in [9.17, 15) is 9.59 Å². The molecule has 0 aliphatic rings. The number of carboxylic acids is 1. The highest BCUT2D eigenvalue weighted by molar-refractivity contribution is 5.84. The minimum Gasteiger partial charge on any atom is -0.476 e. The minimum absolute atomic E-state index is 0.0806. The maximum atomic E-state index is 11.5. The van der Waals surface area contributed by atoms with Crippen LogP contribution in [-0.4, -0.2) is 26.0 Å². The molecule has 2 aromatic rings. The van der Waals surface area contributed by atoms with Crippen LogP contribution in [0.4, 0.5) is 0 Å². The number of aryl methyl sites for hydroxylation is 1. The summed E-state index contributed by atoms with van der Waals surface area (Å²) in [5.74, 6) is -0.572. The van der Waals surface area contributed by atoms with Crippen molar-refractivity contribution in [3.05, 3.63) is 45.7 Å². The van der Waals surface area contributed by atoms with Crippen molar-refractivity contribution in [2.75, 3.05) is 0 Å². The third-order valence-electron chi connectivity index (χ3n) is 2.07. The predicted molar refractivity (Wildman–Crippen MR) is 55.8 cm³/mol. The topological polar surface area (TPSA) is 98.2 Å². The predicted octanol–water partition coefficient (Wildman–Crippen LogP) is 0.286. The van der Waals surface area contributed by atoms with E-state index in [1.165, 1.54) is 0 Å². The van der Waals surface area contributed by atoms with Gasteiger partial charge in [-0.2, -0.15) is 5.10 Å². The molecule has 2 aromatic heterocycles. The van der Waals surface area contributed by atoms with Gasteiger partial charge in [0.25, 0.3) is 5.56 Å². The second kappa shape index (κ2) is 4.20. The average molecular weight is 235 g/mol. The lowest BCUT2D eigenvalue weighted by molar-refractivity contribution is 0.0687. The fourth-order valence-corrected chi connectivity index (χ4v) is 1.32. The molecule has 1 N–H and O–H groups in total. The van der Waals surface area contributed by atoms with E-state index in [0.29, 0.717) is 11.5 Å². The lowest BCUT2D eigenvalue weighted by Crippen LogP contribution is -2.24. The standard InChI is InChI=1S/C10H9N3O4/c1-6-4-7(12-17-6)5-13-9(14)3-2-8(11-13)10(15)16/h2-4H,5H2,1H3,(H,15,16). The van der Waals surface area contributed by atoms with Crippen LogP contribution in [0.5, 0.6) is 0 Å². The van der Waals surface area contributed by atoms with Crippen LogP contribution in [0, 0.1) is 6.92 Å². The molecule has 0 unspecified atom stereocenters. The first-order chi connectivity index (χ1) is 8.06. The van der Waals surface area contributed by atoms with Gasteiger partial charge in [-0.05, 0) is 13.0 Å². The number of rotatable bonds is 3. The Morgan fingerprint density at radius 1 is 1.53 bits per heavy atom. The van der Waals surface area contributed by atoms with Gasteiger partial charge in [-0.15, -0.1) is 0 Å². The zero-order valence-electron chi connectivity index (χ0n) is 8.95. The van der Waals surface area contributed by atoms with E-state index in [1.54, 1.807) is 13.0 Å². The molecule has 17 heavy (non-hydrogen) atoms. The molecule has 0 amide bonds. The van der Waals surface area contributed by atoms with E-state index >= 15 is 0 Å². The third kappa shape index (κ3) is 2.39. The van der Waals surface area contributed by atoms with Crippen LogP contribution < -0.4 is 5.56 Å². The van der Waals surface area contributed by atoms with Crippen molar-refractivity contribution in [1.29, 1.82) is 0 Å². The molecule has 0 atom stereocenters.